The molecule has 0 spiro atoms. The molecule has 4 N–H and O–H groups in total. The van der Waals surface area contributed by atoms with Gasteiger partial charge in [0, 0.05) is 10.4 Å². The smallest absolute Gasteiger partial charge is 0.284 e. The van der Waals surface area contributed by atoms with E-state index in [0.29, 0.717) is 16.0 Å². The van der Waals surface area contributed by atoms with Crippen LogP contribution in [0.3, 0.4) is 0 Å². The molecule has 35 heavy (non-hydrogen) atoms. The van der Waals surface area contributed by atoms with Crippen molar-refractivity contribution in [1.29, 1.82) is 0 Å². The third-order valence-corrected chi connectivity index (χ3v) is 7.94. The molecule has 0 aliphatic rings. The third-order valence-electron chi connectivity index (χ3n) is 5.34. The molecule has 0 aliphatic carbocycles. The van der Waals surface area contributed by atoms with Crippen molar-refractivity contribution in [3.05, 3.63) is 94.9 Å². The Bertz CT molecular complexity index is 1470. The number of hydroxylamine groups is 1. The number of amides is 2. The monoisotopic (exact) mass is 509 g/mol. The SMILES string of the molecule is Cc1ccc(S(=O)(=O)NC(Cc2ccccc2)C(=O)Nc2ccc3sc(C(=O)NO)cc3c2)cc1. The summed E-state index contributed by atoms with van der Waals surface area (Å²) < 4.78 is 29.4. The number of thiophene rings is 1. The van der Waals surface area contributed by atoms with Crippen molar-refractivity contribution in [2.24, 2.45) is 0 Å². The van der Waals surface area contributed by atoms with Gasteiger partial charge in [0.15, 0.2) is 0 Å². The predicted octanol–water partition coefficient (Wildman–Crippen LogP) is 3.86. The van der Waals surface area contributed by atoms with Crippen LogP contribution >= 0.6 is 11.3 Å². The van der Waals surface area contributed by atoms with Gasteiger partial charge in [0.1, 0.15) is 6.04 Å². The molecule has 8 nitrogen and oxygen atoms in total. The van der Waals surface area contributed by atoms with Gasteiger partial charge in [0.25, 0.3) is 5.91 Å². The summed E-state index contributed by atoms with van der Waals surface area (Å²) in [6.07, 6.45) is 0.152. The Balaban J connectivity index is 1.59. The maximum atomic E-state index is 13.2. The molecule has 0 aliphatic heterocycles. The summed E-state index contributed by atoms with van der Waals surface area (Å²) in [6.45, 7) is 1.86. The number of nitrogens with one attached hydrogen (secondary N) is 3. The zero-order valence-corrected chi connectivity index (χ0v) is 20.3. The van der Waals surface area contributed by atoms with Gasteiger partial charge in [-0.1, -0.05) is 48.0 Å². The van der Waals surface area contributed by atoms with Crippen molar-refractivity contribution in [2.45, 2.75) is 24.3 Å². The van der Waals surface area contributed by atoms with Gasteiger partial charge in [-0.3, -0.25) is 14.8 Å². The lowest BCUT2D eigenvalue weighted by atomic mass is 10.1. The Kier molecular flexibility index (Phi) is 7.27. The number of hydrogen-bond acceptors (Lipinski definition) is 6. The molecule has 0 bridgehead atoms. The summed E-state index contributed by atoms with van der Waals surface area (Å²) >= 11 is 1.20. The van der Waals surface area contributed by atoms with Crippen LogP contribution in [0.25, 0.3) is 10.1 Å². The van der Waals surface area contributed by atoms with E-state index in [9.17, 15) is 18.0 Å². The second-order valence-corrected chi connectivity index (χ2v) is 10.8. The van der Waals surface area contributed by atoms with E-state index in [4.69, 9.17) is 5.21 Å². The molecule has 1 unspecified atom stereocenters. The molecule has 1 aromatic heterocycles. The third kappa shape index (κ3) is 5.92. The van der Waals surface area contributed by atoms with Crippen LogP contribution in [0.4, 0.5) is 5.69 Å². The van der Waals surface area contributed by atoms with Gasteiger partial charge in [-0.15, -0.1) is 11.3 Å². The van der Waals surface area contributed by atoms with Crippen molar-refractivity contribution in [3.63, 3.8) is 0 Å². The van der Waals surface area contributed by atoms with Gasteiger partial charge >= 0.3 is 0 Å². The molecular formula is C25H23N3O5S2. The molecule has 2 amide bonds. The largest absolute Gasteiger partial charge is 0.325 e. The fraction of sp³-hybridized carbons (Fsp3) is 0.120. The lowest BCUT2D eigenvalue weighted by molar-refractivity contribution is -0.117. The predicted molar refractivity (Wildman–Crippen MR) is 135 cm³/mol. The lowest BCUT2D eigenvalue weighted by Crippen LogP contribution is -2.45. The first-order valence-electron chi connectivity index (χ1n) is 10.7. The molecule has 0 radical (unpaired) electrons. The molecule has 0 saturated heterocycles. The average molecular weight is 510 g/mol. The van der Waals surface area contributed by atoms with Crippen LogP contribution in [0.1, 0.15) is 20.8 Å². The Hall–Kier alpha value is -3.57. The van der Waals surface area contributed by atoms with Crippen LogP contribution in [0.5, 0.6) is 0 Å². The Morgan fingerprint density at radius 3 is 2.37 bits per heavy atom. The zero-order valence-electron chi connectivity index (χ0n) is 18.7. The van der Waals surface area contributed by atoms with E-state index in [1.54, 1.807) is 41.9 Å². The molecule has 0 saturated carbocycles. The van der Waals surface area contributed by atoms with E-state index in [0.717, 1.165) is 15.8 Å². The number of sulfonamides is 1. The van der Waals surface area contributed by atoms with Gasteiger partial charge in [-0.05, 0) is 60.7 Å². The van der Waals surface area contributed by atoms with Crippen LogP contribution in [0.2, 0.25) is 0 Å². The van der Waals surface area contributed by atoms with E-state index in [2.05, 4.69) is 10.0 Å². The second-order valence-electron chi connectivity index (χ2n) is 7.97. The lowest BCUT2D eigenvalue weighted by Gasteiger charge is -2.19. The summed E-state index contributed by atoms with van der Waals surface area (Å²) in [7, 11) is -3.95. The van der Waals surface area contributed by atoms with Gasteiger partial charge < -0.3 is 5.32 Å². The van der Waals surface area contributed by atoms with E-state index in [1.165, 1.54) is 23.5 Å². The normalized spacial score (nSPS) is 12.3. The number of rotatable bonds is 8. The van der Waals surface area contributed by atoms with Gasteiger partial charge in [-0.2, -0.15) is 4.72 Å². The summed E-state index contributed by atoms with van der Waals surface area (Å²) in [5.41, 5.74) is 3.77. The van der Waals surface area contributed by atoms with Crippen LogP contribution in [0.15, 0.2) is 83.8 Å². The summed E-state index contributed by atoms with van der Waals surface area (Å²) in [4.78, 5) is 25.3. The summed E-state index contributed by atoms with van der Waals surface area (Å²) in [6, 6.07) is 21.2. The number of fused-ring (bicyclic) bond motifs is 1. The highest BCUT2D eigenvalue weighted by atomic mass is 32.2. The highest BCUT2D eigenvalue weighted by Crippen LogP contribution is 2.28. The minimum Gasteiger partial charge on any atom is -0.325 e. The van der Waals surface area contributed by atoms with Gasteiger partial charge in [0.2, 0.25) is 15.9 Å². The van der Waals surface area contributed by atoms with Crippen molar-refractivity contribution >= 4 is 48.9 Å². The molecule has 4 aromatic rings. The van der Waals surface area contributed by atoms with Crippen molar-refractivity contribution in [1.82, 2.24) is 10.2 Å². The molecule has 1 heterocycles. The molecule has 1 atom stereocenters. The summed E-state index contributed by atoms with van der Waals surface area (Å²) in [5.74, 6) is -1.14. The maximum Gasteiger partial charge on any atom is 0.284 e. The van der Waals surface area contributed by atoms with Crippen molar-refractivity contribution in [3.8, 4) is 0 Å². The topological polar surface area (TPSA) is 125 Å². The minimum atomic E-state index is -3.95. The molecule has 180 valence electrons. The van der Waals surface area contributed by atoms with Crippen LogP contribution in [0, 0.1) is 6.92 Å². The number of carbonyl (C=O) groups excluding carboxylic acids is 2. The van der Waals surface area contributed by atoms with E-state index in [-0.39, 0.29) is 11.3 Å². The second kappa shape index (κ2) is 10.4. The van der Waals surface area contributed by atoms with E-state index in [1.807, 2.05) is 37.3 Å². The Morgan fingerprint density at radius 2 is 1.69 bits per heavy atom. The first kappa shape index (κ1) is 24.6. The van der Waals surface area contributed by atoms with E-state index < -0.39 is 27.9 Å². The van der Waals surface area contributed by atoms with Crippen molar-refractivity contribution in [2.75, 3.05) is 5.32 Å². The minimum absolute atomic E-state index is 0.0725. The maximum absolute atomic E-state index is 13.2. The Morgan fingerprint density at radius 1 is 0.971 bits per heavy atom. The fourth-order valence-corrected chi connectivity index (χ4v) is 5.66. The summed E-state index contributed by atoms with van der Waals surface area (Å²) in [5, 5.41) is 12.3. The number of carbonyl (C=O) groups is 2. The van der Waals surface area contributed by atoms with Gasteiger partial charge in [0.05, 0.1) is 9.77 Å². The average Bonchev–Trinajstić information content (AvgIpc) is 3.27. The molecular weight excluding hydrogens is 486 g/mol. The van der Waals surface area contributed by atoms with E-state index >= 15 is 0 Å². The van der Waals surface area contributed by atoms with Crippen molar-refractivity contribution < 1.29 is 23.2 Å². The molecule has 4 rings (SSSR count). The quantitative estimate of drug-likeness (QED) is 0.212. The number of benzene rings is 3. The van der Waals surface area contributed by atoms with Crippen LogP contribution < -0.4 is 15.5 Å². The molecule has 10 heteroatoms. The van der Waals surface area contributed by atoms with Crippen LogP contribution in [-0.4, -0.2) is 31.5 Å². The highest BCUT2D eigenvalue weighted by molar-refractivity contribution is 7.89. The number of aryl methyl sites for hydroxylation is 1. The van der Waals surface area contributed by atoms with Crippen LogP contribution in [-0.2, 0) is 21.2 Å². The fourth-order valence-electron chi connectivity index (χ4n) is 3.53. The molecule has 0 fully saturated rings. The number of hydrogen-bond donors (Lipinski definition) is 4. The highest BCUT2D eigenvalue weighted by Gasteiger charge is 2.26. The first-order valence-corrected chi connectivity index (χ1v) is 13.0. The molecule has 3 aromatic carbocycles. The standard InChI is InChI=1S/C25H23N3O5S2/c1-16-7-10-20(11-8-16)35(32,33)28-21(13-17-5-3-2-4-6-17)24(29)26-19-9-12-22-18(14-19)15-23(34-22)25(30)27-31/h2-12,14-15,21,28,31H,13H2,1H3,(H,26,29)(H,27,30). The number of anilines is 1. The zero-order chi connectivity index (χ0) is 25.0. The Labute approximate surface area is 206 Å². The first-order chi connectivity index (χ1) is 16.7. The van der Waals surface area contributed by atoms with Gasteiger partial charge in [-0.25, -0.2) is 13.9 Å².